The van der Waals surface area contributed by atoms with E-state index in [1.165, 1.54) is 7.11 Å². The average molecular weight is 262 g/mol. The molecule has 86 valence electrons. The van der Waals surface area contributed by atoms with Gasteiger partial charge < -0.3 is 9.26 Å². The Morgan fingerprint density at radius 1 is 1.50 bits per heavy atom. The summed E-state index contributed by atoms with van der Waals surface area (Å²) in [5, 5.41) is 4.34. The minimum Gasteiger partial charge on any atom is -0.494 e. The molecule has 16 heavy (non-hydrogen) atoms. The molecule has 1 aromatic carbocycles. The van der Waals surface area contributed by atoms with Crippen LogP contribution in [0.1, 0.15) is 5.76 Å². The standard InChI is InChI=1S/C9H8ClNO4S/c1-14-7-4-2-3-6-8(5-16(10,12)13)15-11-9(6)7/h2-4H,5H2,1H3. The van der Waals surface area contributed by atoms with Gasteiger partial charge >= 0.3 is 0 Å². The Labute approximate surface area is 96.4 Å². The fourth-order valence-electron chi connectivity index (χ4n) is 1.42. The molecule has 0 bridgehead atoms. The van der Waals surface area contributed by atoms with Crippen LogP contribution in [-0.4, -0.2) is 20.7 Å². The summed E-state index contributed by atoms with van der Waals surface area (Å²) in [4.78, 5) is 0. The molecule has 0 N–H and O–H groups in total. The van der Waals surface area contributed by atoms with Gasteiger partial charge in [0, 0.05) is 16.1 Å². The zero-order valence-corrected chi connectivity index (χ0v) is 9.88. The summed E-state index contributed by atoms with van der Waals surface area (Å²) in [7, 11) is 2.99. The summed E-state index contributed by atoms with van der Waals surface area (Å²) < 4.78 is 31.9. The predicted octanol–water partition coefficient (Wildman–Crippen LogP) is 1.91. The van der Waals surface area contributed by atoms with Gasteiger partial charge in [0.2, 0.25) is 9.05 Å². The molecule has 0 unspecified atom stereocenters. The Morgan fingerprint density at radius 3 is 2.88 bits per heavy atom. The fourth-order valence-corrected chi connectivity index (χ4v) is 2.24. The van der Waals surface area contributed by atoms with Crippen molar-refractivity contribution in [1.82, 2.24) is 5.16 Å². The Kier molecular flexibility index (Phi) is 2.77. The van der Waals surface area contributed by atoms with Crippen LogP contribution in [0.4, 0.5) is 0 Å². The fraction of sp³-hybridized carbons (Fsp3) is 0.222. The van der Waals surface area contributed by atoms with Crippen LogP contribution in [-0.2, 0) is 14.8 Å². The zero-order valence-electron chi connectivity index (χ0n) is 8.31. The summed E-state index contributed by atoms with van der Waals surface area (Å²) in [6.45, 7) is 0. The Hall–Kier alpha value is -1.27. The SMILES string of the molecule is COc1cccc2c(CS(=O)(=O)Cl)onc12. The number of nitrogens with zero attached hydrogens (tertiary/aromatic N) is 1. The first-order valence-corrected chi connectivity index (χ1v) is 6.83. The van der Waals surface area contributed by atoms with Gasteiger partial charge in [0.25, 0.3) is 0 Å². The van der Waals surface area contributed by atoms with Crippen molar-refractivity contribution >= 4 is 30.6 Å². The van der Waals surface area contributed by atoms with E-state index in [0.29, 0.717) is 16.7 Å². The average Bonchev–Trinajstić information content (AvgIpc) is 2.59. The molecule has 1 aromatic heterocycles. The van der Waals surface area contributed by atoms with Crippen LogP contribution < -0.4 is 4.74 Å². The van der Waals surface area contributed by atoms with E-state index in [1.54, 1.807) is 18.2 Å². The van der Waals surface area contributed by atoms with Crippen LogP contribution in [0, 0.1) is 0 Å². The van der Waals surface area contributed by atoms with E-state index in [9.17, 15) is 8.42 Å². The lowest BCUT2D eigenvalue weighted by Gasteiger charge is -1.98. The van der Waals surface area contributed by atoms with E-state index in [4.69, 9.17) is 19.9 Å². The molecule has 0 aliphatic heterocycles. The third-order valence-corrected chi connectivity index (χ3v) is 3.00. The summed E-state index contributed by atoms with van der Waals surface area (Å²) in [5.74, 6) is 0.349. The van der Waals surface area contributed by atoms with E-state index >= 15 is 0 Å². The van der Waals surface area contributed by atoms with Gasteiger partial charge in [-0.2, -0.15) is 0 Å². The van der Waals surface area contributed by atoms with Crippen molar-refractivity contribution in [3.8, 4) is 5.75 Å². The zero-order chi connectivity index (χ0) is 11.8. The predicted molar refractivity (Wildman–Crippen MR) is 59.0 cm³/mol. The summed E-state index contributed by atoms with van der Waals surface area (Å²) in [6.07, 6.45) is 0. The van der Waals surface area contributed by atoms with Gasteiger partial charge in [-0.25, -0.2) is 8.42 Å². The van der Waals surface area contributed by atoms with Crippen LogP contribution in [0.5, 0.6) is 5.75 Å². The van der Waals surface area contributed by atoms with Gasteiger partial charge in [-0.05, 0) is 12.1 Å². The van der Waals surface area contributed by atoms with Crippen LogP contribution in [0.3, 0.4) is 0 Å². The molecule has 0 saturated heterocycles. The number of rotatable bonds is 3. The van der Waals surface area contributed by atoms with Crippen molar-refractivity contribution in [2.24, 2.45) is 0 Å². The second kappa shape index (κ2) is 3.95. The van der Waals surface area contributed by atoms with Gasteiger partial charge in [0.15, 0.2) is 11.3 Å². The second-order valence-electron chi connectivity index (χ2n) is 3.15. The van der Waals surface area contributed by atoms with Crippen molar-refractivity contribution < 1.29 is 17.7 Å². The highest BCUT2D eigenvalue weighted by atomic mass is 35.7. The van der Waals surface area contributed by atoms with Crippen LogP contribution in [0.25, 0.3) is 10.9 Å². The summed E-state index contributed by atoms with van der Waals surface area (Å²) in [6, 6.07) is 5.14. The van der Waals surface area contributed by atoms with Crippen molar-refractivity contribution in [2.45, 2.75) is 5.75 Å². The number of methoxy groups -OCH3 is 1. The maximum absolute atomic E-state index is 10.9. The van der Waals surface area contributed by atoms with Crippen molar-refractivity contribution in [3.05, 3.63) is 24.0 Å². The molecule has 0 saturated carbocycles. The molecule has 1 heterocycles. The van der Waals surface area contributed by atoms with Gasteiger partial charge in [0.1, 0.15) is 11.5 Å². The largest absolute Gasteiger partial charge is 0.494 e. The van der Waals surface area contributed by atoms with E-state index in [1.807, 2.05) is 0 Å². The number of benzene rings is 1. The number of halogens is 1. The molecule has 0 fully saturated rings. The van der Waals surface area contributed by atoms with Gasteiger partial charge in [-0.3, -0.25) is 0 Å². The Bertz CT molecular complexity index is 619. The third-order valence-electron chi connectivity index (χ3n) is 2.07. The quantitative estimate of drug-likeness (QED) is 0.790. The highest BCUT2D eigenvalue weighted by Crippen LogP contribution is 2.28. The maximum atomic E-state index is 10.9. The smallest absolute Gasteiger partial charge is 0.240 e. The molecule has 0 atom stereocenters. The third kappa shape index (κ3) is 2.12. The molecular weight excluding hydrogens is 254 g/mol. The van der Waals surface area contributed by atoms with E-state index in [2.05, 4.69) is 5.16 Å². The number of ether oxygens (including phenoxy) is 1. The van der Waals surface area contributed by atoms with Crippen LogP contribution in [0.2, 0.25) is 0 Å². The summed E-state index contributed by atoms with van der Waals surface area (Å²) in [5.41, 5.74) is 0.486. The van der Waals surface area contributed by atoms with Crippen LogP contribution >= 0.6 is 10.7 Å². The monoisotopic (exact) mass is 261 g/mol. The first-order chi connectivity index (χ1) is 7.51. The number of aromatic nitrogens is 1. The molecule has 7 heteroatoms. The molecule has 0 aliphatic carbocycles. The van der Waals surface area contributed by atoms with Gasteiger partial charge in [-0.15, -0.1) is 0 Å². The highest BCUT2D eigenvalue weighted by Gasteiger charge is 2.17. The highest BCUT2D eigenvalue weighted by molar-refractivity contribution is 8.13. The molecular formula is C9H8ClNO4S. The molecule has 2 aromatic rings. The van der Waals surface area contributed by atoms with Crippen molar-refractivity contribution in [2.75, 3.05) is 7.11 Å². The van der Waals surface area contributed by atoms with Gasteiger partial charge in [0.05, 0.1) is 7.11 Å². The van der Waals surface area contributed by atoms with E-state index < -0.39 is 14.8 Å². The molecule has 5 nitrogen and oxygen atoms in total. The normalized spacial score (nSPS) is 11.9. The lowest BCUT2D eigenvalue weighted by atomic mass is 10.2. The minimum atomic E-state index is -3.66. The lowest BCUT2D eigenvalue weighted by molar-refractivity contribution is 0.391. The van der Waals surface area contributed by atoms with Gasteiger partial charge in [-0.1, -0.05) is 11.2 Å². The topological polar surface area (TPSA) is 69.4 Å². The van der Waals surface area contributed by atoms with Crippen molar-refractivity contribution in [3.63, 3.8) is 0 Å². The Morgan fingerprint density at radius 2 is 2.25 bits per heavy atom. The van der Waals surface area contributed by atoms with Crippen LogP contribution in [0.15, 0.2) is 22.7 Å². The molecule has 0 amide bonds. The minimum absolute atomic E-state index is 0.212. The number of hydrogen-bond donors (Lipinski definition) is 0. The Balaban J connectivity index is 2.58. The number of fused-ring (bicyclic) bond motifs is 1. The van der Waals surface area contributed by atoms with Crippen molar-refractivity contribution in [1.29, 1.82) is 0 Å². The molecule has 2 rings (SSSR count). The lowest BCUT2D eigenvalue weighted by Crippen LogP contribution is -1.93. The molecule has 0 radical (unpaired) electrons. The molecule has 0 spiro atoms. The summed E-state index contributed by atoms with van der Waals surface area (Å²) >= 11 is 0. The first kappa shape index (κ1) is 11.2. The van der Waals surface area contributed by atoms with E-state index in [0.717, 1.165) is 0 Å². The number of hydrogen-bond acceptors (Lipinski definition) is 5. The van der Waals surface area contributed by atoms with E-state index in [-0.39, 0.29) is 5.76 Å². The maximum Gasteiger partial charge on any atom is 0.240 e. The molecule has 0 aliphatic rings. The first-order valence-electron chi connectivity index (χ1n) is 4.35. The second-order valence-corrected chi connectivity index (χ2v) is 5.92.